The maximum atomic E-state index is 11.3. The number of hydrogen-bond donors (Lipinski definition) is 1. The fourth-order valence-electron chi connectivity index (χ4n) is 0.965. The second kappa shape index (κ2) is 4.93. The van der Waals surface area contributed by atoms with Gasteiger partial charge in [0.25, 0.3) is 0 Å². The molecule has 0 aromatic carbocycles. The number of aromatic nitrogens is 1. The average molecular weight is 215 g/mol. The van der Waals surface area contributed by atoms with Gasteiger partial charge in [-0.2, -0.15) is 0 Å². The first kappa shape index (κ1) is 10.9. The van der Waals surface area contributed by atoms with Crippen molar-refractivity contribution in [3.63, 3.8) is 0 Å². The maximum Gasteiger partial charge on any atom is 0.356 e. The second-order valence-corrected chi connectivity index (χ2v) is 3.02. The van der Waals surface area contributed by atoms with E-state index in [9.17, 15) is 4.79 Å². The first-order valence-corrected chi connectivity index (χ1v) is 4.58. The fourth-order valence-corrected chi connectivity index (χ4v) is 1.19. The first-order valence-electron chi connectivity index (χ1n) is 4.21. The largest absolute Gasteiger partial charge is 0.461 e. The number of carbonyl (C=O) groups excluding carboxylic acids is 1. The number of nitrogens with two attached hydrogens (primary N) is 1. The minimum atomic E-state index is -0.482. The number of ether oxygens (including phenoxy) is 1. The van der Waals surface area contributed by atoms with Gasteiger partial charge in [-0.05, 0) is 19.1 Å². The summed E-state index contributed by atoms with van der Waals surface area (Å²) in [6, 6.07) is 3.07. The van der Waals surface area contributed by atoms with E-state index in [1.54, 1.807) is 13.0 Å². The lowest BCUT2D eigenvalue weighted by Crippen LogP contribution is -2.10. The van der Waals surface area contributed by atoms with Crippen LogP contribution in [0.1, 0.15) is 23.1 Å². The highest BCUT2D eigenvalue weighted by Crippen LogP contribution is 2.12. The average Bonchev–Trinajstić information content (AvgIpc) is 2.17. The molecule has 0 unspecified atom stereocenters. The summed E-state index contributed by atoms with van der Waals surface area (Å²) in [5.74, 6) is -0.482. The van der Waals surface area contributed by atoms with Gasteiger partial charge < -0.3 is 10.5 Å². The second-order valence-electron chi connectivity index (χ2n) is 2.59. The van der Waals surface area contributed by atoms with Crippen molar-refractivity contribution in [2.24, 2.45) is 5.73 Å². The number of hydrogen-bond acceptors (Lipinski definition) is 4. The van der Waals surface area contributed by atoms with Gasteiger partial charge in [0.15, 0.2) is 0 Å². The number of halogens is 1. The van der Waals surface area contributed by atoms with Gasteiger partial charge in [-0.25, -0.2) is 9.78 Å². The molecule has 4 nitrogen and oxygen atoms in total. The number of nitrogens with zero attached hydrogens (tertiary/aromatic N) is 1. The number of rotatable bonds is 3. The summed E-state index contributed by atoms with van der Waals surface area (Å²) in [7, 11) is 0. The van der Waals surface area contributed by atoms with Crippen LogP contribution in [0.3, 0.4) is 0 Å². The molecule has 1 aromatic heterocycles. The molecule has 2 N–H and O–H groups in total. The summed E-state index contributed by atoms with van der Waals surface area (Å²) in [6.07, 6.45) is 0. The molecule has 5 heteroatoms. The maximum absolute atomic E-state index is 11.3. The zero-order valence-corrected chi connectivity index (χ0v) is 8.54. The molecule has 1 rings (SSSR count). The van der Waals surface area contributed by atoms with Gasteiger partial charge in [-0.1, -0.05) is 11.6 Å². The molecule has 14 heavy (non-hydrogen) atoms. The molecule has 0 atom stereocenters. The molecule has 0 aliphatic carbocycles. The van der Waals surface area contributed by atoms with Crippen LogP contribution in [0.25, 0.3) is 0 Å². The molecular weight excluding hydrogens is 204 g/mol. The van der Waals surface area contributed by atoms with E-state index in [2.05, 4.69) is 4.98 Å². The topological polar surface area (TPSA) is 65.2 Å². The predicted octanol–water partition coefficient (Wildman–Crippen LogP) is 1.37. The zero-order chi connectivity index (χ0) is 10.6. The standard InChI is InChI=1S/C9H11ClN2O2/c1-2-14-9(13)8-4-6(10)3-7(5-11)12-8/h3-4H,2,5,11H2,1H3. The van der Waals surface area contributed by atoms with Crippen molar-refractivity contribution in [3.8, 4) is 0 Å². The third kappa shape index (κ3) is 2.68. The Morgan fingerprint density at radius 1 is 1.64 bits per heavy atom. The fraction of sp³-hybridized carbons (Fsp3) is 0.333. The van der Waals surface area contributed by atoms with Crippen molar-refractivity contribution in [1.82, 2.24) is 4.98 Å². The lowest BCUT2D eigenvalue weighted by atomic mass is 10.3. The van der Waals surface area contributed by atoms with Crippen molar-refractivity contribution in [2.45, 2.75) is 13.5 Å². The minimum absolute atomic E-state index is 0.194. The zero-order valence-electron chi connectivity index (χ0n) is 7.79. The number of carbonyl (C=O) groups is 1. The Labute approximate surface area is 87.0 Å². The quantitative estimate of drug-likeness (QED) is 0.772. The third-order valence-corrected chi connectivity index (χ3v) is 1.76. The van der Waals surface area contributed by atoms with E-state index in [0.29, 0.717) is 17.3 Å². The highest BCUT2D eigenvalue weighted by molar-refractivity contribution is 6.30. The normalized spacial score (nSPS) is 9.93. The Balaban J connectivity index is 2.96. The highest BCUT2D eigenvalue weighted by atomic mass is 35.5. The van der Waals surface area contributed by atoms with Gasteiger partial charge in [-0.3, -0.25) is 0 Å². The first-order chi connectivity index (χ1) is 6.67. The Hall–Kier alpha value is -1.13. The molecule has 0 bridgehead atoms. The summed E-state index contributed by atoms with van der Waals surface area (Å²) in [4.78, 5) is 15.3. The number of pyridine rings is 1. The predicted molar refractivity (Wildman–Crippen MR) is 53.1 cm³/mol. The molecule has 76 valence electrons. The van der Waals surface area contributed by atoms with Crippen LogP contribution in [0.5, 0.6) is 0 Å². The lowest BCUT2D eigenvalue weighted by molar-refractivity contribution is 0.0519. The van der Waals surface area contributed by atoms with E-state index >= 15 is 0 Å². The molecule has 0 fully saturated rings. The molecule has 0 spiro atoms. The van der Waals surface area contributed by atoms with E-state index in [0.717, 1.165) is 0 Å². The molecule has 0 radical (unpaired) electrons. The molecule has 0 aliphatic heterocycles. The minimum Gasteiger partial charge on any atom is -0.461 e. The van der Waals surface area contributed by atoms with Crippen LogP contribution >= 0.6 is 11.6 Å². The van der Waals surface area contributed by atoms with Crippen molar-refractivity contribution < 1.29 is 9.53 Å². The van der Waals surface area contributed by atoms with Crippen LogP contribution in [-0.2, 0) is 11.3 Å². The molecular formula is C9H11ClN2O2. The van der Waals surface area contributed by atoms with Crippen molar-refractivity contribution >= 4 is 17.6 Å². The van der Waals surface area contributed by atoms with Gasteiger partial charge in [0, 0.05) is 11.6 Å². The van der Waals surface area contributed by atoms with Crippen molar-refractivity contribution in [2.75, 3.05) is 6.61 Å². The molecule has 0 saturated carbocycles. The molecule has 1 heterocycles. The SMILES string of the molecule is CCOC(=O)c1cc(Cl)cc(CN)n1. The van der Waals surface area contributed by atoms with E-state index in [-0.39, 0.29) is 12.2 Å². The van der Waals surface area contributed by atoms with Crippen LogP contribution < -0.4 is 5.73 Å². The van der Waals surface area contributed by atoms with Crippen LogP contribution in [0, 0.1) is 0 Å². The smallest absolute Gasteiger partial charge is 0.356 e. The summed E-state index contributed by atoms with van der Waals surface area (Å²) in [6.45, 7) is 2.28. The summed E-state index contributed by atoms with van der Waals surface area (Å²) in [5, 5.41) is 0.434. The van der Waals surface area contributed by atoms with E-state index in [4.69, 9.17) is 22.1 Å². The van der Waals surface area contributed by atoms with Crippen molar-refractivity contribution in [1.29, 1.82) is 0 Å². The molecule has 0 aliphatic rings. The van der Waals surface area contributed by atoms with Gasteiger partial charge in [-0.15, -0.1) is 0 Å². The summed E-state index contributed by atoms with van der Waals surface area (Å²) in [5.41, 5.74) is 6.15. The van der Waals surface area contributed by atoms with Crippen LogP contribution in [0.4, 0.5) is 0 Å². The Kier molecular flexibility index (Phi) is 3.85. The van der Waals surface area contributed by atoms with Gasteiger partial charge >= 0.3 is 5.97 Å². The monoisotopic (exact) mass is 214 g/mol. The lowest BCUT2D eigenvalue weighted by Gasteiger charge is -2.03. The Morgan fingerprint density at radius 2 is 2.36 bits per heavy atom. The summed E-state index contributed by atoms with van der Waals surface area (Å²) < 4.78 is 4.78. The number of esters is 1. The third-order valence-electron chi connectivity index (χ3n) is 1.54. The Morgan fingerprint density at radius 3 is 2.93 bits per heavy atom. The van der Waals surface area contributed by atoms with Crippen LogP contribution in [0.2, 0.25) is 5.02 Å². The highest BCUT2D eigenvalue weighted by Gasteiger charge is 2.10. The van der Waals surface area contributed by atoms with E-state index in [1.807, 2.05) is 0 Å². The van der Waals surface area contributed by atoms with Crippen molar-refractivity contribution in [3.05, 3.63) is 28.5 Å². The van der Waals surface area contributed by atoms with Gasteiger partial charge in [0.2, 0.25) is 0 Å². The van der Waals surface area contributed by atoms with Gasteiger partial charge in [0.05, 0.1) is 12.3 Å². The van der Waals surface area contributed by atoms with E-state index < -0.39 is 5.97 Å². The van der Waals surface area contributed by atoms with Crippen LogP contribution in [0.15, 0.2) is 12.1 Å². The Bertz CT molecular complexity index is 342. The molecule has 0 amide bonds. The molecule has 1 aromatic rings. The van der Waals surface area contributed by atoms with Crippen LogP contribution in [-0.4, -0.2) is 17.6 Å². The van der Waals surface area contributed by atoms with E-state index in [1.165, 1.54) is 6.07 Å². The summed E-state index contributed by atoms with van der Waals surface area (Å²) >= 11 is 5.77. The van der Waals surface area contributed by atoms with Gasteiger partial charge in [0.1, 0.15) is 5.69 Å². The molecule has 0 saturated heterocycles.